The molecule has 0 bridgehead atoms. The topological polar surface area (TPSA) is 92.1 Å². The summed E-state index contributed by atoms with van der Waals surface area (Å²) in [6, 6.07) is 14.6. The first kappa shape index (κ1) is 21.1. The Bertz CT molecular complexity index is 1400. The average Bonchev–Trinajstić information content (AvgIpc) is 3.44. The van der Waals surface area contributed by atoms with Gasteiger partial charge >= 0.3 is 11.9 Å². The summed E-state index contributed by atoms with van der Waals surface area (Å²) in [5, 5.41) is 3.63. The normalized spacial score (nSPS) is 14.3. The monoisotopic (exact) mass is 472 g/mol. The minimum atomic E-state index is -4.43. The van der Waals surface area contributed by atoms with Gasteiger partial charge in [0.1, 0.15) is 0 Å². The lowest BCUT2D eigenvalue weighted by atomic mass is 10.1. The molecule has 1 atom stereocenters. The van der Waals surface area contributed by atoms with Gasteiger partial charge in [-0.3, -0.25) is 18.8 Å². The molecule has 7 nitrogen and oxygen atoms in total. The second kappa shape index (κ2) is 8.00. The van der Waals surface area contributed by atoms with Crippen molar-refractivity contribution in [1.82, 2.24) is 15.1 Å². The van der Waals surface area contributed by atoms with Crippen LogP contribution in [0.4, 0.5) is 18.9 Å². The highest BCUT2D eigenvalue weighted by atomic mass is 32.2. The van der Waals surface area contributed by atoms with E-state index in [1.54, 1.807) is 34.6 Å². The first-order chi connectivity index (χ1) is 15.8. The fourth-order valence-corrected chi connectivity index (χ4v) is 4.88. The average molecular weight is 472 g/mol. The molecule has 0 radical (unpaired) electrons. The van der Waals surface area contributed by atoms with Crippen LogP contribution < -0.4 is 10.1 Å². The number of hydrogen-bond donors (Lipinski definition) is 1. The Morgan fingerprint density at radius 1 is 1.03 bits per heavy atom. The van der Waals surface area contributed by atoms with E-state index in [1.165, 1.54) is 6.07 Å². The first-order valence-corrected chi connectivity index (χ1v) is 10.9. The molecule has 5 rings (SSSR count). The standard InChI is InChI=1S/C22H15F3N4O3S/c23-22(24,25)16-4-7-18(26-12-16)14-3-8-19-15(11-14)9-10-29(19)33(31)17-5-1-13(2-6-17)20-27-21(30)32-28-20/h1-8,11-12H,9-10H2,(H,27,28,30). The van der Waals surface area contributed by atoms with E-state index in [0.717, 1.165) is 23.5 Å². The van der Waals surface area contributed by atoms with Gasteiger partial charge in [-0.15, -0.1) is 0 Å². The van der Waals surface area contributed by atoms with E-state index in [-0.39, 0.29) is 5.82 Å². The minimum absolute atomic E-state index is 0.285. The second-order valence-corrected chi connectivity index (χ2v) is 8.75. The van der Waals surface area contributed by atoms with E-state index in [4.69, 9.17) is 0 Å². The van der Waals surface area contributed by atoms with E-state index in [9.17, 15) is 22.2 Å². The Balaban J connectivity index is 1.36. The molecule has 0 spiro atoms. The van der Waals surface area contributed by atoms with E-state index >= 15 is 0 Å². The van der Waals surface area contributed by atoms with Crippen molar-refractivity contribution in [2.45, 2.75) is 17.5 Å². The SMILES string of the molecule is O=c1[nH]c(-c2ccc(S(=O)N3CCc4cc(-c5ccc(C(F)(F)F)cn5)ccc43)cc2)no1. The lowest BCUT2D eigenvalue weighted by Gasteiger charge is -2.18. The number of nitrogens with zero attached hydrogens (tertiary/aromatic N) is 3. The largest absolute Gasteiger partial charge is 0.439 e. The van der Waals surface area contributed by atoms with Crippen molar-refractivity contribution in [1.29, 1.82) is 0 Å². The maximum absolute atomic E-state index is 13.2. The number of rotatable bonds is 4. The summed E-state index contributed by atoms with van der Waals surface area (Å²) in [5.74, 6) is -0.370. The number of anilines is 1. The highest BCUT2D eigenvalue weighted by molar-refractivity contribution is 7.86. The van der Waals surface area contributed by atoms with Crippen LogP contribution in [0.5, 0.6) is 0 Å². The maximum atomic E-state index is 13.2. The highest BCUT2D eigenvalue weighted by Crippen LogP contribution is 2.35. The number of fused-ring (bicyclic) bond motifs is 1. The molecule has 1 aliphatic rings. The lowest BCUT2D eigenvalue weighted by molar-refractivity contribution is -0.137. The van der Waals surface area contributed by atoms with Gasteiger partial charge < -0.3 is 0 Å². The first-order valence-electron chi connectivity index (χ1n) is 9.82. The van der Waals surface area contributed by atoms with Gasteiger partial charge in [0.15, 0.2) is 16.8 Å². The molecule has 3 heterocycles. The van der Waals surface area contributed by atoms with Gasteiger partial charge in [0.25, 0.3) is 0 Å². The van der Waals surface area contributed by atoms with Crippen molar-refractivity contribution >= 4 is 16.7 Å². The van der Waals surface area contributed by atoms with Crippen molar-refractivity contribution in [3.63, 3.8) is 0 Å². The molecule has 0 fully saturated rings. The van der Waals surface area contributed by atoms with Gasteiger partial charge in [0.2, 0.25) is 0 Å². The number of H-pyrrole nitrogens is 1. The molecule has 1 aliphatic heterocycles. The molecule has 4 aromatic rings. The minimum Gasteiger partial charge on any atom is -0.296 e. The molecule has 2 aromatic carbocycles. The van der Waals surface area contributed by atoms with Crippen LogP contribution in [0.1, 0.15) is 11.1 Å². The fourth-order valence-electron chi connectivity index (χ4n) is 3.65. The summed E-state index contributed by atoms with van der Waals surface area (Å²) in [6.07, 6.45) is -2.96. The predicted molar refractivity (Wildman–Crippen MR) is 115 cm³/mol. The van der Waals surface area contributed by atoms with Gasteiger partial charge in [0, 0.05) is 23.9 Å². The van der Waals surface area contributed by atoms with E-state index in [2.05, 4.69) is 19.6 Å². The van der Waals surface area contributed by atoms with Crippen molar-refractivity contribution in [2.75, 3.05) is 10.8 Å². The molecule has 33 heavy (non-hydrogen) atoms. The number of benzene rings is 2. The lowest BCUT2D eigenvalue weighted by Crippen LogP contribution is -2.23. The molecule has 1 N–H and O–H groups in total. The van der Waals surface area contributed by atoms with Crippen molar-refractivity contribution in [3.8, 4) is 22.6 Å². The van der Waals surface area contributed by atoms with E-state index in [1.807, 2.05) is 12.1 Å². The molecule has 1 unspecified atom stereocenters. The number of hydrogen-bond acceptors (Lipinski definition) is 5. The van der Waals surface area contributed by atoms with Crippen LogP contribution in [0.2, 0.25) is 0 Å². The quantitative estimate of drug-likeness (QED) is 0.481. The Hall–Kier alpha value is -3.73. The Morgan fingerprint density at radius 3 is 2.42 bits per heavy atom. The Labute approximate surface area is 187 Å². The number of alkyl halides is 3. The van der Waals surface area contributed by atoms with Crippen LogP contribution in [-0.4, -0.2) is 25.9 Å². The molecule has 11 heteroatoms. The van der Waals surface area contributed by atoms with Gasteiger partial charge in [0.05, 0.1) is 21.8 Å². The van der Waals surface area contributed by atoms with E-state index in [0.29, 0.717) is 34.7 Å². The van der Waals surface area contributed by atoms with Crippen LogP contribution >= 0.6 is 0 Å². The number of aromatic amines is 1. The van der Waals surface area contributed by atoms with Crippen molar-refractivity contribution in [2.24, 2.45) is 0 Å². The zero-order chi connectivity index (χ0) is 23.2. The van der Waals surface area contributed by atoms with Crippen LogP contribution in [0.15, 0.2) is 75.0 Å². The van der Waals surface area contributed by atoms with Crippen LogP contribution in [0, 0.1) is 0 Å². The number of aromatic nitrogens is 3. The third-order valence-electron chi connectivity index (χ3n) is 5.29. The molecular weight excluding hydrogens is 457 g/mol. The summed E-state index contributed by atoms with van der Waals surface area (Å²) in [4.78, 5) is 18.1. The summed E-state index contributed by atoms with van der Waals surface area (Å²) in [7, 11) is -1.47. The number of nitrogens with one attached hydrogen (secondary N) is 1. The molecule has 0 aliphatic carbocycles. The Kier molecular flexibility index (Phi) is 5.12. The smallest absolute Gasteiger partial charge is 0.296 e. The summed E-state index contributed by atoms with van der Waals surface area (Å²) >= 11 is 0. The molecule has 0 saturated carbocycles. The second-order valence-electron chi connectivity index (χ2n) is 7.34. The molecule has 0 amide bonds. The van der Waals surface area contributed by atoms with Crippen LogP contribution in [0.25, 0.3) is 22.6 Å². The zero-order valence-electron chi connectivity index (χ0n) is 16.8. The van der Waals surface area contributed by atoms with Gasteiger partial charge in [-0.25, -0.2) is 9.00 Å². The molecule has 168 valence electrons. The van der Waals surface area contributed by atoms with Crippen LogP contribution in [0.3, 0.4) is 0 Å². The summed E-state index contributed by atoms with van der Waals surface area (Å²) in [5.41, 5.74) is 2.70. The summed E-state index contributed by atoms with van der Waals surface area (Å²) < 4.78 is 57.8. The molecule has 0 saturated heterocycles. The van der Waals surface area contributed by atoms with E-state index < -0.39 is 28.5 Å². The Morgan fingerprint density at radius 2 is 1.79 bits per heavy atom. The molecular formula is C22H15F3N4O3S. The van der Waals surface area contributed by atoms with Crippen molar-refractivity contribution < 1.29 is 21.9 Å². The van der Waals surface area contributed by atoms with Crippen molar-refractivity contribution in [3.05, 3.63) is 82.5 Å². The van der Waals surface area contributed by atoms with Gasteiger partial charge in [-0.1, -0.05) is 11.2 Å². The van der Waals surface area contributed by atoms with Gasteiger partial charge in [-0.2, -0.15) is 13.2 Å². The predicted octanol–water partition coefficient (Wildman–Crippen LogP) is 4.20. The number of halogens is 3. The summed E-state index contributed by atoms with van der Waals surface area (Å²) in [6.45, 7) is 0.532. The zero-order valence-corrected chi connectivity index (χ0v) is 17.6. The fraction of sp³-hybridized carbons (Fsp3) is 0.136. The van der Waals surface area contributed by atoms with Gasteiger partial charge in [-0.05, 0) is 60.5 Å². The maximum Gasteiger partial charge on any atom is 0.439 e. The number of pyridine rings is 1. The highest BCUT2D eigenvalue weighted by Gasteiger charge is 2.31. The molecule has 2 aromatic heterocycles. The third-order valence-corrected chi connectivity index (χ3v) is 6.74. The third kappa shape index (κ3) is 4.07. The van der Waals surface area contributed by atoms with Crippen LogP contribution in [-0.2, 0) is 23.6 Å².